The van der Waals surface area contributed by atoms with Crippen molar-refractivity contribution in [3.8, 4) is 0 Å². The van der Waals surface area contributed by atoms with Crippen LogP contribution in [0.2, 0.25) is 0 Å². The Hall–Kier alpha value is -0.120. The summed E-state index contributed by atoms with van der Waals surface area (Å²) in [6.45, 7) is 3.94. The molecule has 0 aliphatic heterocycles. The smallest absolute Gasteiger partial charge is 0.114 e. The molecule has 0 aliphatic carbocycles. The van der Waals surface area contributed by atoms with Crippen molar-refractivity contribution in [2.75, 3.05) is 7.11 Å². The van der Waals surface area contributed by atoms with Crippen molar-refractivity contribution in [3.63, 3.8) is 0 Å². The van der Waals surface area contributed by atoms with Gasteiger partial charge in [-0.1, -0.05) is 13.3 Å². The number of rotatable bonds is 4. The Kier molecular flexibility index (Phi) is 4.67. The van der Waals surface area contributed by atoms with E-state index in [4.69, 9.17) is 0 Å². The van der Waals surface area contributed by atoms with Crippen LogP contribution >= 0.6 is 0 Å². The summed E-state index contributed by atoms with van der Waals surface area (Å²) in [7, 11) is 1.43. The van der Waals surface area contributed by atoms with E-state index in [9.17, 15) is 5.21 Å². The van der Waals surface area contributed by atoms with Crippen LogP contribution in [0.5, 0.6) is 0 Å². The van der Waals surface area contributed by atoms with Gasteiger partial charge in [0.25, 0.3) is 0 Å². The summed E-state index contributed by atoms with van der Waals surface area (Å²) < 4.78 is 0. The largest absolute Gasteiger partial charge is 0.600 e. The average molecular weight is 133 g/mol. The summed E-state index contributed by atoms with van der Waals surface area (Å²) in [4.78, 5) is 4.53. The molecule has 0 radical (unpaired) electrons. The highest BCUT2D eigenvalue weighted by molar-refractivity contribution is 4.42. The molecule has 0 aliphatic rings. The molecule has 1 N–H and O–H groups in total. The van der Waals surface area contributed by atoms with Crippen molar-refractivity contribution in [2.45, 2.75) is 32.7 Å². The summed E-state index contributed by atoms with van der Waals surface area (Å²) in [6, 6.07) is 0.0694. The monoisotopic (exact) mass is 133 g/mol. The van der Waals surface area contributed by atoms with Gasteiger partial charge >= 0.3 is 0 Å². The van der Waals surface area contributed by atoms with Gasteiger partial charge in [0.15, 0.2) is 0 Å². The first-order chi connectivity index (χ1) is 4.22. The van der Waals surface area contributed by atoms with Gasteiger partial charge in [0.05, 0.1) is 7.11 Å². The molecule has 3 heteroatoms. The van der Waals surface area contributed by atoms with Crippen molar-refractivity contribution in [1.29, 1.82) is 0 Å². The summed E-state index contributed by atoms with van der Waals surface area (Å²) in [5.41, 5.74) is 0. The fraction of sp³-hybridized carbons (Fsp3) is 1.00. The van der Waals surface area contributed by atoms with Crippen LogP contribution in [0, 0.1) is 5.21 Å². The first-order valence-electron chi connectivity index (χ1n) is 3.30. The van der Waals surface area contributed by atoms with Crippen molar-refractivity contribution < 1.29 is 10.1 Å². The minimum Gasteiger partial charge on any atom is -0.600 e. The molecule has 0 spiro atoms. The SMILES string of the molecule is CCCC(C)[NH+]([O-])OC. The van der Waals surface area contributed by atoms with Crippen molar-refractivity contribution in [1.82, 2.24) is 0 Å². The third-order valence-electron chi connectivity index (χ3n) is 1.33. The number of hydroxylamine groups is 2. The molecule has 0 fully saturated rings. The fourth-order valence-electron chi connectivity index (χ4n) is 0.752. The van der Waals surface area contributed by atoms with E-state index < -0.39 is 0 Å². The Bertz CT molecular complexity index is 68.1. The number of nitrogens with one attached hydrogen (secondary N) is 1. The van der Waals surface area contributed by atoms with E-state index in [1.165, 1.54) is 7.11 Å². The highest BCUT2D eigenvalue weighted by atomic mass is 16.9. The summed E-state index contributed by atoms with van der Waals surface area (Å²) in [5, 5.41) is 10.6. The first kappa shape index (κ1) is 8.88. The van der Waals surface area contributed by atoms with Gasteiger partial charge in [-0.15, -0.1) is 0 Å². The molecule has 0 amide bonds. The highest BCUT2D eigenvalue weighted by Gasteiger charge is 2.06. The molecule has 0 saturated heterocycles. The second-order valence-corrected chi connectivity index (χ2v) is 2.21. The van der Waals surface area contributed by atoms with Crippen LogP contribution in [0.4, 0.5) is 0 Å². The lowest BCUT2D eigenvalue weighted by Crippen LogP contribution is -3.09. The van der Waals surface area contributed by atoms with Gasteiger partial charge in [-0.2, -0.15) is 0 Å². The van der Waals surface area contributed by atoms with Crippen molar-refractivity contribution in [3.05, 3.63) is 5.21 Å². The molecule has 9 heavy (non-hydrogen) atoms. The topological polar surface area (TPSA) is 36.7 Å². The van der Waals surface area contributed by atoms with Crippen LogP contribution < -0.4 is 5.23 Å². The third kappa shape index (κ3) is 3.46. The molecule has 0 rings (SSSR count). The maximum atomic E-state index is 10.7. The van der Waals surface area contributed by atoms with Crippen LogP contribution in [0.3, 0.4) is 0 Å². The van der Waals surface area contributed by atoms with E-state index >= 15 is 0 Å². The van der Waals surface area contributed by atoms with E-state index in [1.54, 1.807) is 0 Å². The van der Waals surface area contributed by atoms with Crippen molar-refractivity contribution in [2.24, 2.45) is 0 Å². The Morgan fingerprint density at radius 2 is 2.22 bits per heavy atom. The summed E-state index contributed by atoms with van der Waals surface area (Å²) >= 11 is 0. The quantitative estimate of drug-likeness (QED) is 0.553. The van der Waals surface area contributed by atoms with E-state index in [1.807, 2.05) is 6.92 Å². The van der Waals surface area contributed by atoms with E-state index in [0.717, 1.165) is 12.8 Å². The summed E-state index contributed by atoms with van der Waals surface area (Å²) in [6.07, 6.45) is 1.96. The van der Waals surface area contributed by atoms with Crippen LogP contribution in [-0.2, 0) is 4.84 Å². The molecule has 0 saturated carbocycles. The molecule has 0 heterocycles. The maximum absolute atomic E-state index is 10.7. The minimum absolute atomic E-state index is 0.0694. The Morgan fingerprint density at radius 3 is 2.56 bits per heavy atom. The third-order valence-corrected chi connectivity index (χ3v) is 1.33. The van der Waals surface area contributed by atoms with Gasteiger partial charge in [-0.3, -0.25) is 0 Å². The average Bonchev–Trinajstić information content (AvgIpc) is 1.87. The molecule has 0 bridgehead atoms. The Morgan fingerprint density at radius 1 is 1.67 bits per heavy atom. The number of hydrogen-bond acceptors (Lipinski definition) is 2. The lowest BCUT2D eigenvalue weighted by molar-refractivity contribution is -1.07. The van der Waals surface area contributed by atoms with Gasteiger partial charge in [-0.05, 0) is 6.92 Å². The van der Waals surface area contributed by atoms with Gasteiger partial charge in [0.1, 0.15) is 6.04 Å². The van der Waals surface area contributed by atoms with Gasteiger partial charge in [-0.25, -0.2) is 10.1 Å². The molecule has 0 aromatic heterocycles. The standard InChI is InChI=1S/C6H15NO2/c1-4-5-6(2)7(8)9-3/h6-7H,4-5H2,1-3H3. The minimum atomic E-state index is -0.100. The summed E-state index contributed by atoms with van der Waals surface area (Å²) in [5.74, 6) is 0. The molecule has 56 valence electrons. The van der Waals surface area contributed by atoms with E-state index in [-0.39, 0.29) is 11.3 Å². The zero-order valence-corrected chi connectivity index (χ0v) is 6.31. The van der Waals surface area contributed by atoms with Gasteiger partial charge in [0, 0.05) is 6.42 Å². The van der Waals surface area contributed by atoms with Gasteiger partial charge in [0.2, 0.25) is 0 Å². The lowest BCUT2D eigenvalue weighted by atomic mass is 10.2. The van der Waals surface area contributed by atoms with Crippen LogP contribution in [0.25, 0.3) is 0 Å². The molecule has 2 atom stereocenters. The van der Waals surface area contributed by atoms with Gasteiger partial charge < -0.3 is 5.21 Å². The molecule has 2 unspecified atom stereocenters. The normalized spacial score (nSPS) is 17.3. The predicted octanol–water partition coefficient (Wildman–Crippen LogP) is 0.119. The second kappa shape index (κ2) is 4.73. The maximum Gasteiger partial charge on any atom is 0.114 e. The predicted molar refractivity (Wildman–Crippen MR) is 35.7 cm³/mol. The Balaban J connectivity index is 3.32. The van der Waals surface area contributed by atoms with Crippen molar-refractivity contribution >= 4 is 0 Å². The number of quaternary nitrogens is 1. The van der Waals surface area contributed by atoms with Crippen LogP contribution in [0.1, 0.15) is 26.7 Å². The van der Waals surface area contributed by atoms with E-state index in [0.29, 0.717) is 0 Å². The highest BCUT2D eigenvalue weighted by Crippen LogP contribution is 1.89. The first-order valence-corrected chi connectivity index (χ1v) is 3.30. The fourth-order valence-corrected chi connectivity index (χ4v) is 0.752. The second-order valence-electron chi connectivity index (χ2n) is 2.21. The zero-order valence-electron chi connectivity index (χ0n) is 6.31. The number of hydrogen-bond donors (Lipinski definition) is 1. The van der Waals surface area contributed by atoms with E-state index in [2.05, 4.69) is 11.8 Å². The molecule has 0 aromatic carbocycles. The Labute approximate surface area is 56.1 Å². The lowest BCUT2D eigenvalue weighted by Gasteiger charge is -2.23. The molecular formula is C6H15NO2. The van der Waals surface area contributed by atoms with Crippen LogP contribution in [-0.4, -0.2) is 13.2 Å². The molecule has 3 nitrogen and oxygen atoms in total. The zero-order chi connectivity index (χ0) is 7.28. The molecular weight excluding hydrogens is 118 g/mol. The molecule has 0 aromatic rings. The van der Waals surface area contributed by atoms with Crippen LogP contribution in [0.15, 0.2) is 0 Å².